The number of nitrogens with one attached hydrogen (secondary N) is 1. The lowest BCUT2D eigenvalue weighted by Crippen LogP contribution is -2.39. The Kier molecular flexibility index (Phi) is 8.00. The molecule has 0 aliphatic rings. The van der Waals surface area contributed by atoms with E-state index in [2.05, 4.69) is 10.1 Å². The van der Waals surface area contributed by atoms with Crippen LogP contribution in [0.2, 0.25) is 0 Å². The zero-order valence-electron chi connectivity index (χ0n) is 14.8. The second kappa shape index (κ2) is 9.97. The molecule has 1 aromatic carbocycles. The van der Waals surface area contributed by atoms with Gasteiger partial charge >= 0.3 is 11.7 Å². The highest BCUT2D eigenvalue weighted by Gasteiger charge is 2.22. The summed E-state index contributed by atoms with van der Waals surface area (Å²) in [5, 5.41) is 13.7. The van der Waals surface area contributed by atoms with E-state index < -0.39 is 16.8 Å². The smallest absolute Gasteiger partial charge is 0.311 e. The Morgan fingerprint density at radius 1 is 1.23 bits per heavy atom. The van der Waals surface area contributed by atoms with Crippen molar-refractivity contribution in [2.24, 2.45) is 0 Å². The van der Waals surface area contributed by atoms with Gasteiger partial charge in [-0.3, -0.25) is 24.5 Å². The standard InChI is InChI=1S/C16H21N3O7/c1-11(20)17-7-9-18(8-6-15(21)26-3)16(22)12-4-5-14(25-2)13(10-12)19(23)24/h4-5,10H,6-9H2,1-3H3,(H,17,20). The average Bonchev–Trinajstić information content (AvgIpc) is 2.62. The first-order valence-electron chi connectivity index (χ1n) is 7.73. The molecule has 0 unspecified atom stereocenters. The number of nitro benzene ring substituents is 1. The predicted octanol–water partition coefficient (Wildman–Crippen LogP) is 0.745. The average molecular weight is 367 g/mol. The summed E-state index contributed by atoms with van der Waals surface area (Å²) in [6, 6.07) is 3.85. The fourth-order valence-corrected chi connectivity index (χ4v) is 2.16. The van der Waals surface area contributed by atoms with Crippen molar-refractivity contribution in [3.63, 3.8) is 0 Å². The van der Waals surface area contributed by atoms with Crippen LogP contribution in [0.1, 0.15) is 23.7 Å². The van der Waals surface area contributed by atoms with Gasteiger partial charge in [0.2, 0.25) is 5.91 Å². The third-order valence-electron chi connectivity index (χ3n) is 3.48. The second-order valence-corrected chi connectivity index (χ2v) is 5.25. The Balaban J connectivity index is 3.01. The van der Waals surface area contributed by atoms with E-state index in [1.165, 1.54) is 38.2 Å². The number of carbonyl (C=O) groups excluding carboxylic acids is 3. The summed E-state index contributed by atoms with van der Waals surface area (Å²) in [6.45, 7) is 1.70. The first-order valence-corrected chi connectivity index (χ1v) is 7.73. The Hall–Kier alpha value is -3.17. The Morgan fingerprint density at radius 2 is 1.92 bits per heavy atom. The van der Waals surface area contributed by atoms with Gasteiger partial charge in [-0.15, -0.1) is 0 Å². The summed E-state index contributed by atoms with van der Waals surface area (Å²) >= 11 is 0. The number of carbonyl (C=O) groups is 3. The molecule has 0 bridgehead atoms. The molecule has 0 atom stereocenters. The van der Waals surface area contributed by atoms with Gasteiger partial charge in [-0.05, 0) is 12.1 Å². The molecule has 0 aromatic heterocycles. The molecule has 0 spiro atoms. The molecule has 26 heavy (non-hydrogen) atoms. The number of nitro groups is 1. The SMILES string of the molecule is COC(=O)CCN(CCNC(C)=O)C(=O)c1ccc(OC)c([N+](=O)[O-])c1. The van der Waals surface area contributed by atoms with Gasteiger partial charge in [-0.25, -0.2) is 0 Å². The minimum Gasteiger partial charge on any atom is -0.490 e. The van der Waals surface area contributed by atoms with Crippen LogP contribution in [0, 0.1) is 10.1 Å². The fourth-order valence-electron chi connectivity index (χ4n) is 2.16. The molecule has 10 nitrogen and oxygen atoms in total. The van der Waals surface area contributed by atoms with E-state index in [4.69, 9.17) is 4.74 Å². The van der Waals surface area contributed by atoms with Crippen molar-refractivity contribution in [2.45, 2.75) is 13.3 Å². The molecular formula is C16H21N3O7. The fraction of sp³-hybridized carbons (Fsp3) is 0.438. The van der Waals surface area contributed by atoms with Crippen molar-refractivity contribution in [2.75, 3.05) is 33.9 Å². The van der Waals surface area contributed by atoms with Gasteiger partial charge in [0.25, 0.3) is 5.91 Å². The van der Waals surface area contributed by atoms with Gasteiger partial charge in [0.1, 0.15) is 0 Å². The molecule has 1 rings (SSSR count). The zero-order valence-corrected chi connectivity index (χ0v) is 14.8. The van der Waals surface area contributed by atoms with E-state index in [9.17, 15) is 24.5 Å². The van der Waals surface area contributed by atoms with Gasteiger partial charge in [0.15, 0.2) is 5.75 Å². The molecule has 0 saturated heterocycles. The maximum absolute atomic E-state index is 12.7. The molecule has 2 amide bonds. The second-order valence-electron chi connectivity index (χ2n) is 5.25. The predicted molar refractivity (Wildman–Crippen MR) is 90.9 cm³/mol. The van der Waals surface area contributed by atoms with Crippen LogP contribution in [0.25, 0.3) is 0 Å². The van der Waals surface area contributed by atoms with E-state index in [0.717, 1.165) is 6.07 Å². The zero-order chi connectivity index (χ0) is 19.7. The lowest BCUT2D eigenvalue weighted by atomic mass is 10.1. The van der Waals surface area contributed by atoms with E-state index in [1.807, 2.05) is 0 Å². The first-order chi connectivity index (χ1) is 12.3. The van der Waals surface area contributed by atoms with Crippen LogP contribution in [0.5, 0.6) is 5.75 Å². The number of benzene rings is 1. The number of methoxy groups -OCH3 is 2. The quantitative estimate of drug-likeness (QED) is 0.387. The maximum Gasteiger partial charge on any atom is 0.311 e. The van der Waals surface area contributed by atoms with Crippen LogP contribution in [-0.2, 0) is 14.3 Å². The van der Waals surface area contributed by atoms with Crippen molar-refractivity contribution < 1.29 is 28.8 Å². The number of amides is 2. The summed E-state index contributed by atoms with van der Waals surface area (Å²) in [5.74, 6) is -1.23. The number of esters is 1. The van der Waals surface area contributed by atoms with Crippen molar-refractivity contribution >= 4 is 23.5 Å². The van der Waals surface area contributed by atoms with Crippen LogP contribution in [0.3, 0.4) is 0 Å². The maximum atomic E-state index is 12.7. The highest BCUT2D eigenvalue weighted by molar-refractivity contribution is 5.95. The van der Waals surface area contributed by atoms with Gasteiger partial charge in [0, 0.05) is 38.2 Å². The van der Waals surface area contributed by atoms with E-state index in [-0.39, 0.29) is 49.0 Å². The third-order valence-corrected chi connectivity index (χ3v) is 3.48. The van der Waals surface area contributed by atoms with E-state index in [1.54, 1.807) is 0 Å². The van der Waals surface area contributed by atoms with Crippen LogP contribution in [0.15, 0.2) is 18.2 Å². The summed E-state index contributed by atoms with van der Waals surface area (Å²) in [4.78, 5) is 46.8. The molecule has 0 fully saturated rings. The van der Waals surface area contributed by atoms with Crippen molar-refractivity contribution in [3.05, 3.63) is 33.9 Å². The topological polar surface area (TPSA) is 128 Å². The minimum atomic E-state index is -0.647. The van der Waals surface area contributed by atoms with Gasteiger partial charge in [-0.1, -0.05) is 0 Å². The third kappa shape index (κ3) is 6.04. The summed E-state index contributed by atoms with van der Waals surface area (Å²) in [5.41, 5.74) is -0.265. The summed E-state index contributed by atoms with van der Waals surface area (Å²) in [7, 11) is 2.53. The normalized spacial score (nSPS) is 9.96. The van der Waals surface area contributed by atoms with E-state index in [0.29, 0.717) is 0 Å². The van der Waals surface area contributed by atoms with Crippen molar-refractivity contribution in [1.82, 2.24) is 10.2 Å². The Labute approximate surface area is 150 Å². The molecular weight excluding hydrogens is 346 g/mol. The van der Waals surface area contributed by atoms with Gasteiger partial charge < -0.3 is 19.7 Å². The van der Waals surface area contributed by atoms with Crippen LogP contribution in [-0.4, -0.2) is 61.5 Å². The molecule has 0 heterocycles. The molecule has 0 aliphatic carbocycles. The summed E-state index contributed by atoms with van der Waals surface area (Å²) in [6.07, 6.45) is -0.0411. The molecule has 0 radical (unpaired) electrons. The largest absolute Gasteiger partial charge is 0.490 e. The highest BCUT2D eigenvalue weighted by atomic mass is 16.6. The monoisotopic (exact) mass is 367 g/mol. The van der Waals surface area contributed by atoms with Gasteiger partial charge in [0.05, 0.1) is 25.6 Å². The number of nitrogens with zero attached hydrogens (tertiary/aromatic N) is 2. The molecule has 1 aromatic rings. The minimum absolute atomic E-state index is 0.0332. The Bertz CT molecular complexity index is 690. The first kappa shape index (κ1) is 20.9. The molecule has 0 saturated carbocycles. The van der Waals surface area contributed by atoms with Crippen LogP contribution in [0.4, 0.5) is 5.69 Å². The van der Waals surface area contributed by atoms with E-state index >= 15 is 0 Å². The van der Waals surface area contributed by atoms with Crippen LogP contribution >= 0.6 is 0 Å². The number of hydrogen-bond acceptors (Lipinski definition) is 7. The van der Waals surface area contributed by atoms with Crippen molar-refractivity contribution in [1.29, 1.82) is 0 Å². The molecule has 10 heteroatoms. The van der Waals surface area contributed by atoms with Gasteiger partial charge in [-0.2, -0.15) is 0 Å². The number of hydrogen-bond donors (Lipinski definition) is 1. The number of ether oxygens (including phenoxy) is 2. The molecule has 142 valence electrons. The Morgan fingerprint density at radius 3 is 2.46 bits per heavy atom. The lowest BCUT2D eigenvalue weighted by molar-refractivity contribution is -0.385. The summed E-state index contributed by atoms with van der Waals surface area (Å²) < 4.78 is 9.47. The van der Waals surface area contributed by atoms with Crippen molar-refractivity contribution in [3.8, 4) is 5.75 Å². The number of rotatable bonds is 9. The molecule has 0 aliphatic heterocycles. The van der Waals surface area contributed by atoms with Crippen LogP contribution < -0.4 is 10.1 Å². The highest BCUT2D eigenvalue weighted by Crippen LogP contribution is 2.28. The lowest BCUT2D eigenvalue weighted by Gasteiger charge is -2.22. The molecule has 1 N–H and O–H groups in total.